The van der Waals surface area contributed by atoms with E-state index in [0.29, 0.717) is 22.0 Å². The predicted molar refractivity (Wildman–Crippen MR) is 146 cm³/mol. The van der Waals surface area contributed by atoms with Gasteiger partial charge in [-0.3, -0.25) is 9.10 Å². The Hall–Kier alpha value is -4.00. The van der Waals surface area contributed by atoms with Crippen molar-refractivity contribution < 1.29 is 21.6 Å². The van der Waals surface area contributed by atoms with Gasteiger partial charge in [-0.15, -0.1) is 0 Å². The van der Waals surface area contributed by atoms with E-state index in [1.807, 2.05) is 0 Å². The summed E-state index contributed by atoms with van der Waals surface area (Å²) in [6.45, 7) is 0.0323. The number of hydrogen-bond donors (Lipinski definition) is 2. The lowest BCUT2D eigenvalue weighted by Gasteiger charge is -2.23. The molecule has 0 bridgehead atoms. The molecule has 1 aromatic heterocycles. The van der Waals surface area contributed by atoms with Gasteiger partial charge in [0.1, 0.15) is 0 Å². The Balaban J connectivity index is 1.45. The SMILES string of the molecule is CS(=O)(=O)N(Cc1ccccc1Cl)c1ccc(C(=O)Nc2ccc(S(=O)(=O)Nc3ncccn3)cc2)cc1. The van der Waals surface area contributed by atoms with E-state index in [9.17, 15) is 21.6 Å². The Labute approximate surface area is 225 Å². The molecule has 3 aromatic carbocycles. The molecule has 0 aliphatic rings. The zero-order chi connectivity index (χ0) is 27.3. The second-order valence-corrected chi connectivity index (χ2v) is 12.1. The fraction of sp³-hybridized carbons (Fsp3) is 0.0800. The standard InChI is InChI=1S/C25H22ClN5O5S2/c1-37(33,34)31(17-19-5-2-3-6-23(19)26)21-11-7-18(8-12-21)24(32)29-20-9-13-22(14-10-20)38(35,36)30-25-27-15-4-16-28-25/h2-16H,17H2,1H3,(H,29,32)(H,27,28,30). The molecule has 1 heterocycles. The number of nitrogens with one attached hydrogen (secondary N) is 2. The fourth-order valence-corrected chi connectivity index (χ4v) is 5.44. The molecule has 2 N–H and O–H groups in total. The summed E-state index contributed by atoms with van der Waals surface area (Å²) < 4.78 is 53.4. The molecule has 0 radical (unpaired) electrons. The maximum atomic E-state index is 12.7. The van der Waals surface area contributed by atoms with Crippen molar-refractivity contribution in [2.75, 3.05) is 20.6 Å². The minimum Gasteiger partial charge on any atom is -0.322 e. The third kappa shape index (κ3) is 6.65. The van der Waals surface area contributed by atoms with Gasteiger partial charge in [-0.1, -0.05) is 29.8 Å². The molecule has 0 fully saturated rings. The number of rotatable bonds is 9. The smallest absolute Gasteiger partial charge is 0.264 e. The Kier molecular flexibility index (Phi) is 7.95. The quantitative estimate of drug-likeness (QED) is 0.308. The molecule has 0 atom stereocenters. The summed E-state index contributed by atoms with van der Waals surface area (Å²) in [6.07, 6.45) is 3.91. The lowest BCUT2D eigenvalue weighted by molar-refractivity contribution is 0.102. The topological polar surface area (TPSA) is 138 Å². The summed E-state index contributed by atoms with van der Waals surface area (Å²) in [7, 11) is -7.55. The number of carbonyl (C=O) groups excluding carboxylic acids is 1. The van der Waals surface area contributed by atoms with Crippen LogP contribution in [0.5, 0.6) is 0 Å². The summed E-state index contributed by atoms with van der Waals surface area (Å²) in [4.78, 5) is 20.4. The van der Waals surface area contributed by atoms with Gasteiger partial charge in [0, 0.05) is 28.7 Å². The van der Waals surface area contributed by atoms with E-state index >= 15 is 0 Å². The lowest BCUT2D eigenvalue weighted by atomic mass is 10.1. The monoisotopic (exact) mass is 571 g/mol. The van der Waals surface area contributed by atoms with Crippen molar-refractivity contribution in [1.82, 2.24) is 9.97 Å². The van der Waals surface area contributed by atoms with Gasteiger partial charge in [-0.2, -0.15) is 0 Å². The van der Waals surface area contributed by atoms with E-state index in [4.69, 9.17) is 11.6 Å². The normalized spacial score (nSPS) is 11.5. The largest absolute Gasteiger partial charge is 0.322 e. The van der Waals surface area contributed by atoms with Gasteiger partial charge >= 0.3 is 0 Å². The average Bonchev–Trinajstić information content (AvgIpc) is 2.88. The number of halogens is 1. The van der Waals surface area contributed by atoms with Gasteiger partial charge in [0.25, 0.3) is 15.9 Å². The van der Waals surface area contributed by atoms with Crippen LogP contribution in [0.3, 0.4) is 0 Å². The van der Waals surface area contributed by atoms with Crippen molar-refractivity contribution in [3.8, 4) is 0 Å². The lowest BCUT2D eigenvalue weighted by Crippen LogP contribution is -2.29. The zero-order valence-corrected chi connectivity index (χ0v) is 22.3. The highest BCUT2D eigenvalue weighted by Gasteiger charge is 2.20. The van der Waals surface area contributed by atoms with Gasteiger partial charge in [0.05, 0.1) is 23.4 Å². The van der Waals surface area contributed by atoms with Crippen molar-refractivity contribution >= 4 is 54.9 Å². The van der Waals surface area contributed by atoms with Crippen molar-refractivity contribution in [3.05, 3.63) is 107 Å². The van der Waals surface area contributed by atoms with Gasteiger partial charge in [-0.25, -0.2) is 31.5 Å². The molecule has 0 aliphatic heterocycles. The number of benzene rings is 3. The molecule has 4 aromatic rings. The van der Waals surface area contributed by atoms with Crippen LogP contribution in [-0.2, 0) is 26.6 Å². The number of sulfonamides is 2. The number of nitrogens with zero attached hydrogens (tertiary/aromatic N) is 3. The molecule has 0 unspecified atom stereocenters. The second kappa shape index (κ2) is 11.2. The van der Waals surface area contributed by atoms with Crippen LogP contribution in [0.1, 0.15) is 15.9 Å². The number of hydrogen-bond acceptors (Lipinski definition) is 7. The first-order valence-corrected chi connectivity index (χ1v) is 14.8. The highest BCUT2D eigenvalue weighted by Crippen LogP contribution is 2.25. The van der Waals surface area contributed by atoms with Crippen LogP contribution in [0.25, 0.3) is 0 Å². The Morgan fingerprint density at radius 3 is 2.11 bits per heavy atom. The van der Waals surface area contributed by atoms with Crippen molar-refractivity contribution in [3.63, 3.8) is 0 Å². The Bertz CT molecular complexity index is 1650. The first-order chi connectivity index (χ1) is 18.0. The summed E-state index contributed by atoms with van der Waals surface area (Å²) >= 11 is 6.20. The molecular formula is C25H22ClN5O5S2. The third-order valence-corrected chi connectivity index (χ3v) is 8.16. The summed E-state index contributed by atoms with van der Waals surface area (Å²) in [5.41, 5.74) is 1.65. The summed E-state index contributed by atoms with van der Waals surface area (Å²) in [5, 5.41) is 3.13. The molecule has 13 heteroatoms. The minimum atomic E-state index is -3.91. The number of anilines is 3. The first-order valence-electron chi connectivity index (χ1n) is 11.1. The number of amides is 1. The number of carbonyl (C=O) groups is 1. The Morgan fingerprint density at radius 1 is 0.868 bits per heavy atom. The molecule has 38 heavy (non-hydrogen) atoms. The van der Waals surface area contributed by atoms with E-state index in [2.05, 4.69) is 20.0 Å². The average molecular weight is 572 g/mol. The van der Waals surface area contributed by atoms with Gasteiger partial charge in [-0.05, 0) is 66.2 Å². The molecule has 0 saturated heterocycles. The predicted octanol–water partition coefficient (Wildman–Crippen LogP) is 4.15. The van der Waals surface area contributed by atoms with E-state index in [-0.39, 0.29) is 23.0 Å². The fourth-order valence-electron chi connectivity index (χ4n) is 3.41. The maximum absolute atomic E-state index is 12.7. The van der Waals surface area contributed by atoms with Crippen molar-refractivity contribution in [1.29, 1.82) is 0 Å². The van der Waals surface area contributed by atoms with Crippen LogP contribution >= 0.6 is 11.6 Å². The molecule has 196 valence electrons. The highest BCUT2D eigenvalue weighted by atomic mass is 35.5. The van der Waals surface area contributed by atoms with Gasteiger partial charge in [0.2, 0.25) is 16.0 Å². The molecular weight excluding hydrogens is 550 g/mol. The van der Waals surface area contributed by atoms with Gasteiger partial charge < -0.3 is 5.32 Å². The first kappa shape index (κ1) is 27.0. The molecule has 1 amide bonds. The molecule has 4 rings (SSSR count). The van der Waals surface area contributed by atoms with Crippen LogP contribution in [0.2, 0.25) is 5.02 Å². The van der Waals surface area contributed by atoms with Crippen LogP contribution in [-0.4, -0.2) is 39.0 Å². The zero-order valence-electron chi connectivity index (χ0n) is 19.9. The van der Waals surface area contributed by atoms with Gasteiger partial charge in [0.15, 0.2) is 0 Å². The summed E-state index contributed by atoms with van der Waals surface area (Å²) in [5.74, 6) is -0.519. The van der Waals surface area contributed by atoms with Crippen LogP contribution in [0.4, 0.5) is 17.3 Å². The van der Waals surface area contributed by atoms with Crippen molar-refractivity contribution in [2.45, 2.75) is 11.4 Å². The van der Waals surface area contributed by atoms with Crippen LogP contribution in [0.15, 0.2) is 96.2 Å². The second-order valence-electron chi connectivity index (χ2n) is 8.06. The molecule has 0 spiro atoms. The highest BCUT2D eigenvalue weighted by molar-refractivity contribution is 7.92. The van der Waals surface area contributed by atoms with E-state index in [1.165, 1.54) is 65.2 Å². The maximum Gasteiger partial charge on any atom is 0.264 e. The molecule has 0 saturated carbocycles. The van der Waals surface area contributed by atoms with E-state index in [0.717, 1.165) is 6.26 Å². The van der Waals surface area contributed by atoms with Crippen LogP contribution in [0, 0.1) is 0 Å². The minimum absolute atomic E-state index is 0.0323. The third-order valence-electron chi connectivity index (χ3n) is 5.30. The molecule has 10 nitrogen and oxygen atoms in total. The number of aromatic nitrogens is 2. The van der Waals surface area contributed by atoms with Crippen LogP contribution < -0.4 is 14.3 Å². The molecule has 0 aliphatic carbocycles. The Morgan fingerprint density at radius 2 is 1.50 bits per heavy atom. The summed E-state index contributed by atoms with van der Waals surface area (Å²) in [6, 6.07) is 20.1. The van der Waals surface area contributed by atoms with E-state index in [1.54, 1.807) is 30.3 Å². The van der Waals surface area contributed by atoms with E-state index < -0.39 is 26.0 Å². The van der Waals surface area contributed by atoms with Crippen molar-refractivity contribution in [2.24, 2.45) is 0 Å².